The van der Waals surface area contributed by atoms with Crippen LogP contribution in [-0.4, -0.2) is 19.6 Å². The van der Waals surface area contributed by atoms with Gasteiger partial charge in [0.05, 0.1) is 17.8 Å². The number of hydrogen-bond acceptors (Lipinski definition) is 2. The zero-order chi connectivity index (χ0) is 20.3. The van der Waals surface area contributed by atoms with Crippen molar-refractivity contribution in [3.8, 4) is 0 Å². The van der Waals surface area contributed by atoms with Crippen LogP contribution in [0.25, 0.3) is 0 Å². The minimum atomic E-state index is 0.0413. The van der Waals surface area contributed by atoms with Gasteiger partial charge in [-0.25, -0.2) is 0 Å². The third kappa shape index (κ3) is 3.74. The number of nitrogens with one attached hydrogen (secondary N) is 1. The van der Waals surface area contributed by atoms with Crippen LogP contribution in [0.5, 0.6) is 0 Å². The van der Waals surface area contributed by atoms with Gasteiger partial charge in [-0.1, -0.05) is 55.7 Å². The molecule has 30 heavy (non-hydrogen) atoms. The van der Waals surface area contributed by atoms with E-state index in [1.807, 2.05) is 12.3 Å². The van der Waals surface area contributed by atoms with E-state index in [4.69, 9.17) is 12.2 Å². The lowest BCUT2D eigenvalue weighted by Gasteiger charge is -2.32. The fraction of sp³-hybridized carbons (Fsp3) is 0.360. The Morgan fingerprint density at radius 3 is 2.50 bits per heavy atom. The summed E-state index contributed by atoms with van der Waals surface area (Å²) >= 11 is 5.85. The van der Waals surface area contributed by atoms with Crippen molar-refractivity contribution in [1.82, 2.24) is 19.8 Å². The van der Waals surface area contributed by atoms with E-state index in [1.165, 1.54) is 43.4 Å². The van der Waals surface area contributed by atoms with Crippen LogP contribution in [0.4, 0.5) is 0 Å². The first-order valence-electron chi connectivity index (χ1n) is 11.0. The van der Waals surface area contributed by atoms with Gasteiger partial charge in [-0.3, -0.25) is 4.98 Å². The average molecular weight is 417 g/mol. The summed E-state index contributed by atoms with van der Waals surface area (Å²) in [7, 11) is 0. The highest BCUT2D eigenvalue weighted by atomic mass is 32.1. The van der Waals surface area contributed by atoms with Gasteiger partial charge in [0.1, 0.15) is 0 Å². The van der Waals surface area contributed by atoms with E-state index in [1.54, 1.807) is 0 Å². The summed E-state index contributed by atoms with van der Waals surface area (Å²) < 4.78 is 2.52. The van der Waals surface area contributed by atoms with Crippen LogP contribution in [-0.2, 0) is 6.54 Å². The first-order chi connectivity index (χ1) is 14.8. The van der Waals surface area contributed by atoms with Crippen molar-refractivity contribution >= 4 is 17.3 Å². The second-order valence-electron chi connectivity index (χ2n) is 8.37. The average Bonchev–Trinajstić information content (AvgIpc) is 3.40. The van der Waals surface area contributed by atoms with Gasteiger partial charge in [-0.05, 0) is 54.9 Å². The van der Waals surface area contributed by atoms with Crippen molar-refractivity contribution in [3.05, 3.63) is 90.0 Å². The van der Waals surface area contributed by atoms with Crippen molar-refractivity contribution < 1.29 is 0 Å². The summed E-state index contributed by atoms with van der Waals surface area (Å²) in [5.74, 6) is 0. The third-order valence-electron chi connectivity index (χ3n) is 6.48. The number of rotatable bonds is 5. The van der Waals surface area contributed by atoms with E-state index in [0.717, 1.165) is 17.4 Å². The van der Waals surface area contributed by atoms with Gasteiger partial charge in [0, 0.05) is 30.7 Å². The van der Waals surface area contributed by atoms with Crippen LogP contribution in [0.2, 0.25) is 0 Å². The molecule has 0 unspecified atom stereocenters. The van der Waals surface area contributed by atoms with Gasteiger partial charge in [0.2, 0.25) is 0 Å². The van der Waals surface area contributed by atoms with E-state index in [-0.39, 0.29) is 12.1 Å². The molecule has 1 saturated carbocycles. The van der Waals surface area contributed by atoms with Crippen molar-refractivity contribution in [2.75, 3.05) is 0 Å². The Labute approximate surface area is 183 Å². The fourth-order valence-corrected chi connectivity index (χ4v) is 5.33. The van der Waals surface area contributed by atoms with Gasteiger partial charge < -0.3 is 14.8 Å². The molecule has 1 saturated heterocycles. The lowest BCUT2D eigenvalue weighted by atomic mass is 9.94. The van der Waals surface area contributed by atoms with Gasteiger partial charge in [-0.15, -0.1) is 0 Å². The molecule has 0 amide bonds. The van der Waals surface area contributed by atoms with E-state index >= 15 is 0 Å². The molecule has 0 bridgehead atoms. The molecule has 0 radical (unpaired) electrons. The molecule has 5 rings (SSSR count). The summed E-state index contributed by atoms with van der Waals surface area (Å²) in [4.78, 5) is 7.03. The summed E-state index contributed by atoms with van der Waals surface area (Å²) in [5, 5.41) is 4.39. The molecule has 3 heterocycles. The number of nitrogens with zero attached hydrogens (tertiary/aromatic N) is 3. The van der Waals surface area contributed by atoms with E-state index in [9.17, 15) is 0 Å². The Morgan fingerprint density at radius 2 is 1.73 bits per heavy atom. The van der Waals surface area contributed by atoms with E-state index in [0.29, 0.717) is 6.04 Å². The Bertz CT molecular complexity index is 979. The maximum atomic E-state index is 5.85. The highest BCUT2D eigenvalue weighted by Gasteiger charge is 2.41. The van der Waals surface area contributed by atoms with Gasteiger partial charge in [0.15, 0.2) is 5.11 Å². The number of pyridine rings is 1. The van der Waals surface area contributed by atoms with E-state index < -0.39 is 0 Å². The molecule has 4 nitrogen and oxygen atoms in total. The quantitative estimate of drug-likeness (QED) is 0.552. The lowest BCUT2D eigenvalue weighted by Crippen LogP contribution is -2.30. The van der Waals surface area contributed by atoms with Crippen molar-refractivity contribution in [1.29, 1.82) is 0 Å². The van der Waals surface area contributed by atoms with Crippen LogP contribution >= 0.6 is 12.2 Å². The molecule has 2 aromatic heterocycles. The molecule has 1 N–H and O–H groups in total. The van der Waals surface area contributed by atoms with Crippen LogP contribution in [0.15, 0.2) is 73.1 Å². The summed E-state index contributed by atoms with van der Waals surface area (Å²) in [6.45, 7) is 0.788. The van der Waals surface area contributed by atoms with Crippen molar-refractivity contribution in [2.45, 2.75) is 56.8 Å². The highest BCUT2D eigenvalue weighted by molar-refractivity contribution is 7.80. The second-order valence-corrected chi connectivity index (χ2v) is 8.76. The molecular weight excluding hydrogens is 388 g/mol. The Kier molecular flexibility index (Phi) is 5.54. The van der Waals surface area contributed by atoms with Crippen LogP contribution in [0, 0.1) is 0 Å². The monoisotopic (exact) mass is 416 g/mol. The normalized spacial score (nSPS) is 22.3. The molecular formula is C25H28N4S. The predicted molar refractivity (Wildman–Crippen MR) is 124 cm³/mol. The zero-order valence-corrected chi connectivity index (χ0v) is 18.0. The van der Waals surface area contributed by atoms with E-state index in [2.05, 4.69) is 80.6 Å². The number of benzene rings is 1. The number of hydrogen-bond donors (Lipinski definition) is 1. The van der Waals surface area contributed by atoms with Crippen molar-refractivity contribution in [2.24, 2.45) is 0 Å². The second kappa shape index (κ2) is 8.60. The SMILES string of the molecule is S=C1N[C@@H](c2ccccn2)[C@H](c2cccn2C2CCCCC2)N1Cc1ccccc1. The first kappa shape index (κ1) is 19.3. The molecule has 1 aliphatic carbocycles. The molecule has 1 aliphatic heterocycles. The van der Waals surface area contributed by atoms with Gasteiger partial charge >= 0.3 is 0 Å². The van der Waals surface area contributed by atoms with Gasteiger partial charge in [-0.2, -0.15) is 0 Å². The minimum Gasteiger partial charge on any atom is -0.352 e. The standard InChI is InChI=1S/C25H28N4S/c30-25-27-23(21-14-7-8-16-26-21)24(29(25)18-19-10-3-1-4-11-19)22-15-9-17-28(22)20-12-5-2-6-13-20/h1,3-4,7-11,14-17,20,23-24H,2,5-6,12-13,18H2,(H,27,30)/t23-,24-/m0/s1. The molecule has 2 atom stereocenters. The topological polar surface area (TPSA) is 33.1 Å². The minimum absolute atomic E-state index is 0.0413. The highest BCUT2D eigenvalue weighted by Crippen LogP contribution is 2.41. The van der Waals surface area contributed by atoms with Crippen LogP contribution in [0.1, 0.15) is 67.2 Å². The maximum absolute atomic E-state index is 5.85. The largest absolute Gasteiger partial charge is 0.352 e. The molecule has 0 spiro atoms. The zero-order valence-electron chi connectivity index (χ0n) is 17.2. The third-order valence-corrected chi connectivity index (χ3v) is 6.83. The molecule has 1 aromatic carbocycles. The molecule has 2 fully saturated rings. The van der Waals surface area contributed by atoms with Crippen molar-refractivity contribution in [3.63, 3.8) is 0 Å². The predicted octanol–water partition coefficient (Wildman–Crippen LogP) is 5.56. The number of thiocarbonyl (C=S) groups is 1. The van der Waals surface area contributed by atoms with Crippen LogP contribution < -0.4 is 5.32 Å². The summed E-state index contributed by atoms with van der Waals surface area (Å²) in [6, 6.07) is 22.0. The molecule has 2 aliphatic rings. The van der Waals surface area contributed by atoms with Gasteiger partial charge in [0.25, 0.3) is 0 Å². The lowest BCUT2D eigenvalue weighted by molar-refractivity contribution is 0.275. The maximum Gasteiger partial charge on any atom is 0.170 e. The Balaban J connectivity index is 1.54. The molecule has 5 heteroatoms. The first-order valence-corrected chi connectivity index (χ1v) is 11.4. The Morgan fingerprint density at radius 1 is 0.933 bits per heavy atom. The molecule has 3 aromatic rings. The smallest absolute Gasteiger partial charge is 0.170 e. The summed E-state index contributed by atoms with van der Waals surface area (Å²) in [6.07, 6.45) is 10.7. The summed E-state index contributed by atoms with van der Waals surface area (Å²) in [5.41, 5.74) is 3.64. The Hall–Kier alpha value is -2.66. The van der Waals surface area contributed by atoms with Crippen LogP contribution in [0.3, 0.4) is 0 Å². The number of aromatic nitrogens is 2. The molecule has 154 valence electrons. The fourth-order valence-electron chi connectivity index (χ4n) is 5.03.